The maximum Gasteiger partial charge on any atom is 0.421 e. The summed E-state index contributed by atoms with van der Waals surface area (Å²) in [5.74, 6) is 0.625. The lowest BCUT2D eigenvalue weighted by atomic mass is 10.2. The molecule has 2 N–H and O–H groups in total. The summed E-state index contributed by atoms with van der Waals surface area (Å²) < 4.78 is 38.5. The molecule has 6 nitrogen and oxygen atoms in total. The Balaban J connectivity index is 0.000000696. The van der Waals surface area contributed by atoms with Crippen molar-refractivity contribution < 1.29 is 13.2 Å². The van der Waals surface area contributed by atoms with Crippen molar-refractivity contribution in [3.05, 3.63) is 41.6 Å². The van der Waals surface area contributed by atoms with Crippen LogP contribution in [-0.2, 0) is 6.18 Å². The fourth-order valence-electron chi connectivity index (χ4n) is 1.91. The van der Waals surface area contributed by atoms with Gasteiger partial charge in [-0.05, 0) is 19.8 Å². The molecule has 0 saturated carbocycles. The van der Waals surface area contributed by atoms with Gasteiger partial charge < -0.3 is 10.6 Å². The predicted molar refractivity (Wildman–Crippen MR) is 106 cm³/mol. The molecule has 0 spiro atoms. The summed E-state index contributed by atoms with van der Waals surface area (Å²) in [5.41, 5.74) is 1.11. The third-order valence-corrected chi connectivity index (χ3v) is 3.88. The van der Waals surface area contributed by atoms with Gasteiger partial charge in [0.25, 0.3) is 0 Å². The van der Waals surface area contributed by atoms with Crippen molar-refractivity contribution in [2.75, 3.05) is 17.7 Å². The molecular formula is C19H27F3N6. The highest BCUT2D eigenvalue weighted by Gasteiger charge is 2.35. The number of nitrogens with zero attached hydrogens (tertiary/aromatic N) is 4. The van der Waals surface area contributed by atoms with E-state index in [1.165, 1.54) is 19.8 Å². The molecule has 0 aliphatic rings. The third-order valence-electron chi connectivity index (χ3n) is 3.88. The number of rotatable bonds is 5. The van der Waals surface area contributed by atoms with Crippen LogP contribution in [0, 0.1) is 12.8 Å². The van der Waals surface area contributed by atoms with Gasteiger partial charge in [-0.15, -0.1) is 0 Å². The van der Waals surface area contributed by atoms with E-state index in [4.69, 9.17) is 0 Å². The summed E-state index contributed by atoms with van der Waals surface area (Å²) in [7, 11) is 1.37. The highest BCUT2D eigenvalue weighted by molar-refractivity contribution is 5.75. The quantitative estimate of drug-likeness (QED) is 0.727. The molecule has 9 heteroatoms. The van der Waals surface area contributed by atoms with Crippen molar-refractivity contribution >= 4 is 17.5 Å². The minimum Gasteiger partial charge on any atom is -0.372 e. The van der Waals surface area contributed by atoms with E-state index in [9.17, 15) is 13.2 Å². The second-order valence-corrected chi connectivity index (χ2v) is 6.35. The number of allylic oxidation sites excluding steroid dienone is 1. The zero-order valence-corrected chi connectivity index (χ0v) is 17.0. The maximum atomic E-state index is 12.8. The van der Waals surface area contributed by atoms with Crippen LogP contribution in [0.25, 0.3) is 5.70 Å². The Bertz CT molecular complexity index is 787. The lowest BCUT2D eigenvalue weighted by Gasteiger charge is -2.14. The Kier molecular flexibility index (Phi) is 8.81. The number of halogens is 3. The molecule has 2 aromatic heterocycles. The van der Waals surface area contributed by atoms with Gasteiger partial charge in [-0.1, -0.05) is 33.3 Å². The van der Waals surface area contributed by atoms with E-state index < -0.39 is 11.7 Å². The molecule has 2 heterocycles. The first-order chi connectivity index (χ1) is 13.1. The van der Waals surface area contributed by atoms with Gasteiger partial charge in [0.2, 0.25) is 5.95 Å². The number of anilines is 2. The molecule has 0 saturated heterocycles. The molecule has 0 fully saturated rings. The Hall–Kier alpha value is -2.71. The predicted octanol–water partition coefficient (Wildman–Crippen LogP) is 5.16. The molecule has 0 unspecified atom stereocenters. The van der Waals surface area contributed by atoms with Crippen LogP contribution < -0.4 is 10.6 Å². The molecule has 0 amide bonds. The second kappa shape index (κ2) is 10.6. The van der Waals surface area contributed by atoms with Gasteiger partial charge in [-0.2, -0.15) is 18.2 Å². The SMILES string of the molecule is C/C=C(/Nc1ncc(C(F)(F)F)c(NC)n1)c1cncnc1C.CCC(C)C. The third kappa shape index (κ3) is 6.79. The lowest BCUT2D eigenvalue weighted by Crippen LogP contribution is -2.13. The van der Waals surface area contributed by atoms with Crippen LogP contribution in [0.5, 0.6) is 0 Å². The molecule has 2 rings (SSSR count). The number of aryl methyl sites for hydroxylation is 1. The average molecular weight is 396 g/mol. The highest BCUT2D eigenvalue weighted by Crippen LogP contribution is 2.33. The fourth-order valence-corrected chi connectivity index (χ4v) is 1.91. The van der Waals surface area contributed by atoms with E-state index in [1.807, 2.05) is 0 Å². The summed E-state index contributed by atoms with van der Waals surface area (Å²) >= 11 is 0. The van der Waals surface area contributed by atoms with Crippen LogP contribution in [-0.4, -0.2) is 27.0 Å². The molecule has 0 radical (unpaired) electrons. The van der Waals surface area contributed by atoms with E-state index in [0.29, 0.717) is 11.3 Å². The van der Waals surface area contributed by atoms with Crippen LogP contribution in [0.4, 0.5) is 24.9 Å². The van der Waals surface area contributed by atoms with Gasteiger partial charge in [0, 0.05) is 36.4 Å². The van der Waals surface area contributed by atoms with Crippen molar-refractivity contribution in [1.82, 2.24) is 19.9 Å². The van der Waals surface area contributed by atoms with Crippen molar-refractivity contribution in [2.45, 2.75) is 47.2 Å². The first-order valence-corrected chi connectivity index (χ1v) is 8.96. The Morgan fingerprint density at radius 1 is 1.21 bits per heavy atom. The molecule has 0 aliphatic carbocycles. The monoisotopic (exact) mass is 396 g/mol. The summed E-state index contributed by atoms with van der Waals surface area (Å²) in [6.07, 6.45) is 2.28. The smallest absolute Gasteiger partial charge is 0.372 e. The Morgan fingerprint density at radius 2 is 1.86 bits per heavy atom. The van der Waals surface area contributed by atoms with Crippen LogP contribution in [0.1, 0.15) is 50.9 Å². The number of hydrogen-bond acceptors (Lipinski definition) is 6. The van der Waals surface area contributed by atoms with Gasteiger partial charge >= 0.3 is 6.18 Å². The van der Waals surface area contributed by atoms with Gasteiger partial charge in [0.15, 0.2) is 0 Å². The van der Waals surface area contributed by atoms with Gasteiger partial charge in [0.1, 0.15) is 17.7 Å². The standard InChI is InChI=1S/C14H15F3N6.C5H12/c1-4-11(9-5-19-7-21-8(9)2)22-13-20-6-10(14(15,16)17)12(18-3)23-13;1-4-5(2)3/h4-7H,1-3H3,(H2,18,20,22,23);5H,4H2,1-3H3/b11-4+;. The molecule has 0 aliphatic heterocycles. The highest BCUT2D eigenvalue weighted by atomic mass is 19.4. The molecule has 2 aromatic rings. The number of aromatic nitrogens is 4. The van der Waals surface area contributed by atoms with Crippen molar-refractivity contribution in [2.24, 2.45) is 5.92 Å². The molecule has 0 bridgehead atoms. The minimum atomic E-state index is -4.52. The van der Waals surface area contributed by atoms with Crippen LogP contribution in [0.15, 0.2) is 24.8 Å². The number of hydrogen-bond donors (Lipinski definition) is 2. The average Bonchev–Trinajstić information content (AvgIpc) is 2.66. The van der Waals surface area contributed by atoms with Gasteiger partial charge in [0.05, 0.1) is 0 Å². The number of nitrogens with one attached hydrogen (secondary N) is 2. The minimum absolute atomic E-state index is 0.0405. The zero-order chi connectivity index (χ0) is 21.3. The first-order valence-electron chi connectivity index (χ1n) is 8.96. The largest absolute Gasteiger partial charge is 0.421 e. The maximum absolute atomic E-state index is 12.8. The van der Waals surface area contributed by atoms with Crippen LogP contribution in [0.3, 0.4) is 0 Å². The van der Waals surface area contributed by atoms with Crippen LogP contribution >= 0.6 is 0 Å². The second-order valence-electron chi connectivity index (χ2n) is 6.35. The normalized spacial score (nSPS) is 11.7. The first kappa shape index (κ1) is 23.3. The van der Waals surface area contributed by atoms with E-state index in [1.54, 1.807) is 26.1 Å². The van der Waals surface area contributed by atoms with Crippen molar-refractivity contribution in [3.8, 4) is 0 Å². The molecule has 154 valence electrons. The molecule has 0 atom stereocenters. The van der Waals surface area contributed by atoms with Gasteiger partial charge in [-0.25, -0.2) is 15.0 Å². The van der Waals surface area contributed by atoms with E-state index in [2.05, 4.69) is 51.3 Å². The van der Waals surface area contributed by atoms with Crippen molar-refractivity contribution in [1.29, 1.82) is 0 Å². The van der Waals surface area contributed by atoms with Crippen molar-refractivity contribution in [3.63, 3.8) is 0 Å². The summed E-state index contributed by atoms with van der Waals surface area (Å²) in [6, 6.07) is 0. The Morgan fingerprint density at radius 3 is 2.32 bits per heavy atom. The van der Waals surface area contributed by atoms with Crippen LogP contribution in [0.2, 0.25) is 0 Å². The zero-order valence-electron chi connectivity index (χ0n) is 17.0. The van der Waals surface area contributed by atoms with Gasteiger partial charge in [-0.3, -0.25) is 0 Å². The topological polar surface area (TPSA) is 75.6 Å². The summed E-state index contributed by atoms with van der Waals surface area (Å²) in [4.78, 5) is 15.6. The molecular weight excluding hydrogens is 369 g/mol. The fraction of sp³-hybridized carbons (Fsp3) is 0.474. The Labute approximate surface area is 163 Å². The lowest BCUT2D eigenvalue weighted by molar-refractivity contribution is -0.137. The summed E-state index contributed by atoms with van der Waals surface area (Å²) in [6.45, 7) is 10.2. The molecule has 28 heavy (non-hydrogen) atoms. The molecule has 0 aromatic carbocycles. The van der Waals surface area contributed by atoms with E-state index >= 15 is 0 Å². The van der Waals surface area contributed by atoms with E-state index in [0.717, 1.165) is 17.8 Å². The number of alkyl halides is 3. The summed E-state index contributed by atoms with van der Waals surface area (Å²) in [5, 5.41) is 5.32. The van der Waals surface area contributed by atoms with E-state index in [-0.39, 0.29) is 11.8 Å².